The number of rotatable bonds is 17. The molecule has 1 N–H and O–H groups in total. The molecule has 0 aliphatic carbocycles. The van der Waals surface area contributed by atoms with Gasteiger partial charge >= 0.3 is 11.9 Å². The molecular weight excluding hydrogens is 356 g/mol. The second kappa shape index (κ2) is 23.4. The zero-order chi connectivity index (χ0) is 21.5. The lowest BCUT2D eigenvalue weighted by Crippen LogP contribution is -2.13. The van der Waals surface area contributed by atoms with E-state index in [0.717, 1.165) is 12.5 Å². The highest BCUT2D eigenvalue weighted by molar-refractivity contribution is 5.81. The fraction of sp³-hybridized carbons (Fsp3) is 0.739. The summed E-state index contributed by atoms with van der Waals surface area (Å²) < 4.78 is 9.37. The zero-order valence-electron chi connectivity index (χ0n) is 18.1. The number of carbonyl (C=O) groups excluding carboxylic acids is 2. The molecule has 0 fully saturated rings. The Morgan fingerprint density at radius 2 is 1.18 bits per heavy atom. The molecule has 0 aromatic rings. The summed E-state index contributed by atoms with van der Waals surface area (Å²) in [7, 11) is 0. The van der Waals surface area contributed by atoms with Crippen molar-refractivity contribution in [3.8, 4) is 0 Å². The first-order valence-electron chi connectivity index (χ1n) is 10.7. The van der Waals surface area contributed by atoms with Crippen LogP contribution in [0.4, 0.5) is 0 Å². The third-order valence-electron chi connectivity index (χ3n) is 4.04. The second-order valence-corrected chi connectivity index (χ2v) is 6.94. The normalized spacial score (nSPS) is 11.0. The molecule has 0 spiro atoms. The Labute approximate surface area is 172 Å². The molecule has 0 aliphatic heterocycles. The van der Waals surface area contributed by atoms with Crippen molar-refractivity contribution in [3.63, 3.8) is 0 Å². The highest BCUT2D eigenvalue weighted by atomic mass is 16.5. The van der Waals surface area contributed by atoms with Crippen molar-refractivity contribution >= 4 is 11.9 Å². The largest absolute Gasteiger partial charge is 0.463 e. The van der Waals surface area contributed by atoms with Crippen molar-refractivity contribution in [1.29, 1.82) is 0 Å². The van der Waals surface area contributed by atoms with E-state index in [2.05, 4.69) is 24.8 Å². The minimum Gasteiger partial charge on any atom is -0.463 e. The van der Waals surface area contributed by atoms with Crippen LogP contribution in [-0.4, -0.2) is 36.4 Å². The summed E-state index contributed by atoms with van der Waals surface area (Å²) in [5.41, 5.74) is 0. The molecule has 1 atom stereocenters. The number of esters is 2. The molecule has 5 nitrogen and oxygen atoms in total. The Balaban J connectivity index is 0. The first kappa shape index (κ1) is 28.6. The second-order valence-electron chi connectivity index (χ2n) is 6.94. The Hall–Kier alpha value is -1.62. The fourth-order valence-corrected chi connectivity index (χ4v) is 2.44. The lowest BCUT2D eigenvalue weighted by Gasteiger charge is -2.03. The van der Waals surface area contributed by atoms with Crippen LogP contribution in [0.15, 0.2) is 25.3 Å². The van der Waals surface area contributed by atoms with Crippen molar-refractivity contribution in [2.75, 3.05) is 13.2 Å². The van der Waals surface area contributed by atoms with Gasteiger partial charge in [0, 0.05) is 12.2 Å². The minimum atomic E-state index is -0.603. The van der Waals surface area contributed by atoms with E-state index in [0.29, 0.717) is 6.61 Å². The third-order valence-corrected chi connectivity index (χ3v) is 4.04. The first-order valence-corrected chi connectivity index (χ1v) is 10.7. The fourth-order valence-electron chi connectivity index (χ4n) is 2.44. The van der Waals surface area contributed by atoms with Crippen LogP contribution < -0.4 is 0 Å². The molecule has 0 bridgehead atoms. The molecule has 5 heteroatoms. The maximum Gasteiger partial charge on any atom is 0.330 e. The highest BCUT2D eigenvalue weighted by Gasteiger charge is 1.98. The average molecular weight is 399 g/mol. The molecule has 0 aromatic heterocycles. The average Bonchev–Trinajstić information content (AvgIpc) is 2.69. The quantitative estimate of drug-likeness (QED) is 0.199. The standard InChI is InChI=1S/C17H32O2.C6H10O3/c1-3-5-6-7-8-9-10-11-12-13-14-15-16-19-17(18)4-2;1-3-6(8)9-4-5(2)7/h4H,2-3,5-16H2,1H3;3,5,7H,1,4H2,2H3. The highest BCUT2D eigenvalue weighted by Crippen LogP contribution is 2.11. The van der Waals surface area contributed by atoms with Crippen LogP contribution in [-0.2, 0) is 19.1 Å². The van der Waals surface area contributed by atoms with Gasteiger partial charge in [-0.05, 0) is 13.3 Å². The summed E-state index contributed by atoms with van der Waals surface area (Å²) in [4.78, 5) is 21.0. The molecule has 0 amide bonds. The van der Waals surface area contributed by atoms with Crippen molar-refractivity contribution in [1.82, 2.24) is 0 Å². The van der Waals surface area contributed by atoms with Gasteiger partial charge in [-0.1, -0.05) is 90.7 Å². The minimum absolute atomic E-state index is 0.0326. The Morgan fingerprint density at radius 3 is 1.57 bits per heavy atom. The Bertz CT molecular complexity index is 390. The number of unbranched alkanes of at least 4 members (excludes halogenated alkanes) is 11. The zero-order valence-corrected chi connectivity index (χ0v) is 18.1. The molecule has 0 radical (unpaired) electrons. The van der Waals surface area contributed by atoms with Crippen molar-refractivity contribution in [3.05, 3.63) is 25.3 Å². The number of aliphatic hydroxyl groups is 1. The van der Waals surface area contributed by atoms with Crippen LogP contribution in [0.25, 0.3) is 0 Å². The third kappa shape index (κ3) is 26.6. The number of hydrogen-bond acceptors (Lipinski definition) is 5. The van der Waals surface area contributed by atoms with E-state index in [9.17, 15) is 9.59 Å². The van der Waals surface area contributed by atoms with Gasteiger partial charge in [0.25, 0.3) is 0 Å². The Kier molecular flexibility index (Phi) is 23.9. The van der Waals surface area contributed by atoms with Crippen LogP contribution in [0, 0.1) is 0 Å². The summed E-state index contributed by atoms with van der Waals surface area (Å²) in [6, 6.07) is 0. The Morgan fingerprint density at radius 1 is 0.786 bits per heavy atom. The molecule has 0 saturated heterocycles. The lowest BCUT2D eigenvalue weighted by molar-refractivity contribution is -0.140. The SMILES string of the molecule is C=CC(=O)OCC(C)O.C=CC(=O)OCCCCCCCCCCCCCC. The van der Waals surface area contributed by atoms with E-state index in [1.54, 1.807) is 0 Å². The van der Waals surface area contributed by atoms with Gasteiger partial charge in [0.2, 0.25) is 0 Å². The van der Waals surface area contributed by atoms with Crippen LogP contribution in [0.1, 0.15) is 90.9 Å². The number of hydrogen-bond donors (Lipinski definition) is 1. The van der Waals surface area contributed by atoms with E-state index in [4.69, 9.17) is 9.84 Å². The predicted octanol–water partition coefficient (Wildman–Crippen LogP) is 5.51. The summed E-state index contributed by atoms with van der Waals surface area (Å²) in [5.74, 6) is -0.807. The molecule has 0 saturated carbocycles. The van der Waals surface area contributed by atoms with E-state index in [1.807, 2.05) is 0 Å². The van der Waals surface area contributed by atoms with Crippen molar-refractivity contribution in [2.24, 2.45) is 0 Å². The molecule has 0 aromatic carbocycles. The van der Waals surface area contributed by atoms with Crippen LogP contribution >= 0.6 is 0 Å². The lowest BCUT2D eigenvalue weighted by atomic mass is 10.1. The van der Waals surface area contributed by atoms with Gasteiger partial charge in [0.15, 0.2) is 0 Å². The molecule has 0 rings (SSSR count). The van der Waals surface area contributed by atoms with Gasteiger partial charge in [0.1, 0.15) is 6.61 Å². The van der Waals surface area contributed by atoms with Crippen LogP contribution in [0.2, 0.25) is 0 Å². The van der Waals surface area contributed by atoms with Gasteiger partial charge in [-0.25, -0.2) is 9.59 Å². The van der Waals surface area contributed by atoms with E-state index >= 15 is 0 Å². The van der Waals surface area contributed by atoms with E-state index < -0.39 is 12.1 Å². The van der Waals surface area contributed by atoms with Crippen molar-refractivity contribution in [2.45, 2.75) is 97.0 Å². The summed E-state index contributed by atoms with van der Waals surface area (Å²) in [6.07, 6.45) is 17.6. The van der Waals surface area contributed by atoms with E-state index in [-0.39, 0.29) is 12.6 Å². The molecule has 0 heterocycles. The molecule has 0 aliphatic rings. The van der Waals surface area contributed by atoms with Gasteiger partial charge in [-0.15, -0.1) is 0 Å². The van der Waals surface area contributed by atoms with Gasteiger partial charge in [-0.3, -0.25) is 0 Å². The molecule has 1 unspecified atom stereocenters. The topological polar surface area (TPSA) is 72.8 Å². The maximum atomic E-state index is 10.8. The smallest absolute Gasteiger partial charge is 0.330 e. The van der Waals surface area contributed by atoms with Gasteiger partial charge in [-0.2, -0.15) is 0 Å². The van der Waals surface area contributed by atoms with Crippen LogP contribution in [0.5, 0.6) is 0 Å². The molecule has 164 valence electrons. The summed E-state index contributed by atoms with van der Waals surface area (Å²) in [6.45, 7) is 10.9. The summed E-state index contributed by atoms with van der Waals surface area (Å²) >= 11 is 0. The van der Waals surface area contributed by atoms with Gasteiger partial charge in [0.05, 0.1) is 12.7 Å². The maximum absolute atomic E-state index is 10.8. The van der Waals surface area contributed by atoms with Crippen LogP contribution in [0.3, 0.4) is 0 Å². The monoisotopic (exact) mass is 398 g/mol. The number of aliphatic hydroxyl groups excluding tert-OH is 1. The molecular formula is C23H42O5. The van der Waals surface area contributed by atoms with Gasteiger partial charge < -0.3 is 14.6 Å². The van der Waals surface area contributed by atoms with E-state index in [1.165, 1.54) is 83.6 Å². The number of carbonyl (C=O) groups is 2. The predicted molar refractivity (Wildman–Crippen MR) is 115 cm³/mol. The number of ether oxygens (including phenoxy) is 2. The molecule has 28 heavy (non-hydrogen) atoms. The summed E-state index contributed by atoms with van der Waals surface area (Å²) in [5, 5.41) is 8.59. The van der Waals surface area contributed by atoms with Crippen molar-refractivity contribution < 1.29 is 24.2 Å². The first-order chi connectivity index (χ1) is 13.5.